The minimum atomic E-state index is -0.0688. The van der Waals surface area contributed by atoms with Crippen LogP contribution in [0.2, 0.25) is 0 Å². The molecular weight excluding hydrogens is 338 g/mol. The summed E-state index contributed by atoms with van der Waals surface area (Å²) < 4.78 is 12.7. The van der Waals surface area contributed by atoms with E-state index < -0.39 is 0 Å². The maximum atomic E-state index is 5.55. The zero-order valence-electron chi connectivity index (χ0n) is 8.67. The van der Waals surface area contributed by atoms with E-state index in [0.29, 0.717) is 4.67 Å². The molecule has 86 valence electrons. The molecule has 1 N–H and O–H groups in total. The molecule has 16 heavy (non-hydrogen) atoms. The molecule has 0 aliphatic heterocycles. The van der Waals surface area contributed by atoms with Crippen LogP contribution in [0.1, 0.15) is 24.5 Å². The number of halogens is 2. The van der Waals surface area contributed by atoms with Crippen LogP contribution in [0, 0.1) is 0 Å². The molecule has 2 aromatic heterocycles. The van der Waals surface area contributed by atoms with Gasteiger partial charge in [0.05, 0.1) is 10.7 Å². The van der Waals surface area contributed by atoms with Gasteiger partial charge in [-0.2, -0.15) is 0 Å². The zero-order valence-corrected chi connectivity index (χ0v) is 11.8. The van der Waals surface area contributed by atoms with Crippen molar-refractivity contribution >= 4 is 31.9 Å². The van der Waals surface area contributed by atoms with Gasteiger partial charge in [-0.25, -0.2) is 0 Å². The minimum absolute atomic E-state index is 0.0688. The van der Waals surface area contributed by atoms with Gasteiger partial charge in [0.15, 0.2) is 4.67 Å². The maximum absolute atomic E-state index is 5.55. The second-order valence-corrected chi connectivity index (χ2v) is 4.90. The third kappa shape index (κ3) is 2.42. The Balaban J connectivity index is 2.34. The summed E-state index contributed by atoms with van der Waals surface area (Å²) in [5, 5.41) is 3.32. The van der Waals surface area contributed by atoms with Crippen LogP contribution in [-0.2, 0) is 0 Å². The van der Waals surface area contributed by atoms with Crippen molar-refractivity contribution in [3.05, 3.63) is 45.1 Å². The largest absolute Gasteiger partial charge is 0.466 e. The summed E-state index contributed by atoms with van der Waals surface area (Å²) in [6.07, 6.45) is 1.65. The number of furan rings is 2. The lowest BCUT2D eigenvalue weighted by Gasteiger charge is -2.13. The molecule has 0 amide bonds. The number of nitrogens with one attached hydrogen (secondary N) is 1. The van der Waals surface area contributed by atoms with Gasteiger partial charge in [-0.1, -0.05) is 6.92 Å². The van der Waals surface area contributed by atoms with Crippen LogP contribution < -0.4 is 5.32 Å². The number of rotatable bonds is 4. The van der Waals surface area contributed by atoms with Gasteiger partial charge in [-0.3, -0.25) is 0 Å². The van der Waals surface area contributed by atoms with Gasteiger partial charge in [-0.15, -0.1) is 0 Å². The summed E-state index contributed by atoms with van der Waals surface area (Å²) in [5.74, 6) is 1.65. The Morgan fingerprint density at radius 1 is 1.31 bits per heavy atom. The van der Waals surface area contributed by atoms with Crippen LogP contribution in [0.25, 0.3) is 0 Å². The predicted octanol–water partition coefficient (Wildman–Crippen LogP) is 4.10. The van der Waals surface area contributed by atoms with Crippen LogP contribution in [0.4, 0.5) is 0 Å². The SMILES string of the molecule is CCNC(c1ccc(Br)o1)c1occc1Br. The van der Waals surface area contributed by atoms with E-state index in [2.05, 4.69) is 37.2 Å². The van der Waals surface area contributed by atoms with Crippen molar-refractivity contribution < 1.29 is 8.83 Å². The minimum Gasteiger partial charge on any atom is -0.466 e. The van der Waals surface area contributed by atoms with E-state index in [1.807, 2.05) is 25.1 Å². The molecule has 1 unspecified atom stereocenters. The summed E-state index contributed by atoms with van der Waals surface area (Å²) in [4.78, 5) is 0. The number of hydrogen-bond acceptors (Lipinski definition) is 3. The third-order valence-corrected chi connectivity index (χ3v) is 3.28. The summed E-state index contributed by atoms with van der Waals surface area (Å²) >= 11 is 6.75. The third-order valence-electron chi connectivity index (χ3n) is 2.19. The van der Waals surface area contributed by atoms with E-state index in [1.54, 1.807) is 6.26 Å². The maximum Gasteiger partial charge on any atom is 0.169 e. The highest BCUT2D eigenvalue weighted by Gasteiger charge is 2.22. The monoisotopic (exact) mass is 347 g/mol. The first-order chi connectivity index (χ1) is 7.72. The summed E-state index contributed by atoms with van der Waals surface area (Å²) in [5.41, 5.74) is 0. The Labute approximate surface area is 110 Å². The molecule has 2 aromatic rings. The molecular formula is C11H11Br2NO2. The lowest BCUT2D eigenvalue weighted by molar-refractivity contribution is 0.384. The van der Waals surface area contributed by atoms with Gasteiger partial charge in [0.25, 0.3) is 0 Å². The molecule has 0 radical (unpaired) electrons. The van der Waals surface area contributed by atoms with Crippen molar-refractivity contribution in [1.82, 2.24) is 5.32 Å². The fraction of sp³-hybridized carbons (Fsp3) is 0.273. The Bertz CT molecular complexity index is 464. The van der Waals surface area contributed by atoms with Crippen molar-refractivity contribution in [3.63, 3.8) is 0 Å². The molecule has 0 aliphatic rings. The van der Waals surface area contributed by atoms with E-state index in [0.717, 1.165) is 22.5 Å². The van der Waals surface area contributed by atoms with E-state index in [9.17, 15) is 0 Å². The van der Waals surface area contributed by atoms with Gasteiger partial charge in [0.1, 0.15) is 17.6 Å². The first-order valence-electron chi connectivity index (χ1n) is 4.94. The van der Waals surface area contributed by atoms with Crippen molar-refractivity contribution in [2.24, 2.45) is 0 Å². The van der Waals surface area contributed by atoms with E-state index in [1.165, 1.54) is 0 Å². The Morgan fingerprint density at radius 3 is 2.62 bits per heavy atom. The smallest absolute Gasteiger partial charge is 0.169 e. The first kappa shape index (κ1) is 12.0. The highest BCUT2D eigenvalue weighted by atomic mass is 79.9. The van der Waals surface area contributed by atoms with Crippen molar-refractivity contribution in [3.8, 4) is 0 Å². The predicted molar refractivity (Wildman–Crippen MR) is 68.3 cm³/mol. The second-order valence-electron chi connectivity index (χ2n) is 3.27. The topological polar surface area (TPSA) is 38.3 Å². The van der Waals surface area contributed by atoms with Crippen molar-refractivity contribution in [2.75, 3.05) is 6.54 Å². The fourth-order valence-corrected chi connectivity index (χ4v) is 2.27. The molecule has 1 atom stereocenters. The Morgan fingerprint density at radius 2 is 2.12 bits per heavy atom. The average molecular weight is 349 g/mol. The molecule has 2 heterocycles. The Hall–Kier alpha value is -0.520. The number of hydrogen-bond donors (Lipinski definition) is 1. The van der Waals surface area contributed by atoms with Crippen LogP contribution >= 0.6 is 31.9 Å². The Kier molecular flexibility index (Phi) is 3.89. The molecule has 0 spiro atoms. The normalized spacial score (nSPS) is 12.9. The quantitative estimate of drug-likeness (QED) is 0.904. The van der Waals surface area contributed by atoms with Crippen LogP contribution in [0.3, 0.4) is 0 Å². The summed E-state index contributed by atoms with van der Waals surface area (Å²) in [6, 6.07) is 5.60. The van der Waals surface area contributed by atoms with E-state index in [-0.39, 0.29) is 6.04 Å². The molecule has 5 heteroatoms. The molecule has 0 aromatic carbocycles. The van der Waals surface area contributed by atoms with Crippen molar-refractivity contribution in [2.45, 2.75) is 13.0 Å². The van der Waals surface area contributed by atoms with Crippen molar-refractivity contribution in [1.29, 1.82) is 0 Å². The fourth-order valence-electron chi connectivity index (χ4n) is 1.52. The van der Waals surface area contributed by atoms with Crippen LogP contribution in [0.5, 0.6) is 0 Å². The standard InChI is InChI=1S/C11H11Br2NO2/c1-2-14-10(8-3-4-9(13)16-8)11-7(12)5-6-15-11/h3-6,10,14H,2H2,1H3. The highest BCUT2D eigenvalue weighted by Crippen LogP contribution is 2.31. The van der Waals surface area contributed by atoms with Crippen LogP contribution in [0.15, 0.2) is 42.4 Å². The van der Waals surface area contributed by atoms with Gasteiger partial charge in [0.2, 0.25) is 0 Å². The van der Waals surface area contributed by atoms with Crippen LogP contribution in [-0.4, -0.2) is 6.54 Å². The first-order valence-corrected chi connectivity index (χ1v) is 6.52. The molecule has 3 nitrogen and oxygen atoms in total. The summed E-state index contributed by atoms with van der Waals surface area (Å²) in [6.45, 7) is 2.87. The molecule has 2 rings (SSSR count). The molecule has 0 bridgehead atoms. The molecule has 0 fully saturated rings. The van der Waals surface area contributed by atoms with Gasteiger partial charge < -0.3 is 14.2 Å². The van der Waals surface area contributed by atoms with E-state index in [4.69, 9.17) is 8.83 Å². The average Bonchev–Trinajstić information content (AvgIpc) is 2.84. The highest BCUT2D eigenvalue weighted by molar-refractivity contribution is 9.10. The summed E-state index contributed by atoms with van der Waals surface area (Å²) in [7, 11) is 0. The van der Waals surface area contributed by atoms with Gasteiger partial charge >= 0.3 is 0 Å². The molecule has 0 saturated carbocycles. The lowest BCUT2D eigenvalue weighted by atomic mass is 10.1. The molecule has 0 saturated heterocycles. The lowest BCUT2D eigenvalue weighted by Crippen LogP contribution is -2.21. The van der Waals surface area contributed by atoms with E-state index >= 15 is 0 Å². The second kappa shape index (κ2) is 5.21. The molecule has 0 aliphatic carbocycles. The van der Waals surface area contributed by atoms with Gasteiger partial charge in [-0.05, 0) is 56.6 Å². The van der Waals surface area contributed by atoms with Gasteiger partial charge in [0, 0.05) is 0 Å². The zero-order chi connectivity index (χ0) is 11.5.